The molecule has 0 fully saturated rings. The molecule has 0 aliphatic heterocycles. The van der Waals surface area contributed by atoms with Crippen LogP contribution in [0.4, 0.5) is 0 Å². The first kappa shape index (κ1) is 13.4. The van der Waals surface area contributed by atoms with Gasteiger partial charge in [-0.1, -0.05) is 19.8 Å². The number of carbonyl (C=O) groups excluding carboxylic acids is 1. The first-order valence-corrected chi connectivity index (χ1v) is 5.20. The number of unbranched alkanes of at least 4 members (excludes halogenated alkanes) is 1. The average Bonchev–Trinajstić information content (AvgIpc) is 2.14. The second-order valence-electron chi connectivity index (χ2n) is 4.00. The number of allylic oxidation sites excluding steroid dienone is 1. The molecule has 2 nitrogen and oxygen atoms in total. The van der Waals surface area contributed by atoms with Crippen LogP contribution in [-0.2, 0) is 9.53 Å². The lowest BCUT2D eigenvalue weighted by Crippen LogP contribution is -2.25. The van der Waals surface area contributed by atoms with Gasteiger partial charge in [0.2, 0.25) is 0 Å². The fraction of sp³-hybridized carbons (Fsp3) is 0.750. The van der Waals surface area contributed by atoms with Crippen molar-refractivity contribution in [2.75, 3.05) is 7.11 Å². The molecule has 2 heteroatoms. The SMILES string of the molecule is CCCCC(C)(/C=C(\C)C(C)=O)OC. The molecule has 0 spiro atoms. The molecule has 14 heavy (non-hydrogen) atoms. The van der Waals surface area contributed by atoms with Gasteiger partial charge in [0.25, 0.3) is 0 Å². The van der Waals surface area contributed by atoms with Gasteiger partial charge in [-0.05, 0) is 38.8 Å². The molecule has 82 valence electrons. The van der Waals surface area contributed by atoms with Crippen LogP contribution in [0.1, 0.15) is 47.0 Å². The third-order valence-electron chi connectivity index (χ3n) is 2.57. The zero-order chi connectivity index (χ0) is 11.2. The summed E-state index contributed by atoms with van der Waals surface area (Å²) in [5.41, 5.74) is 0.497. The van der Waals surface area contributed by atoms with Gasteiger partial charge < -0.3 is 4.74 Å². The van der Waals surface area contributed by atoms with Gasteiger partial charge in [-0.3, -0.25) is 4.79 Å². The largest absolute Gasteiger partial charge is 0.374 e. The minimum absolute atomic E-state index is 0.116. The van der Waals surface area contributed by atoms with Crippen molar-refractivity contribution in [3.8, 4) is 0 Å². The fourth-order valence-electron chi connectivity index (χ4n) is 1.32. The summed E-state index contributed by atoms with van der Waals surface area (Å²) in [6.45, 7) is 7.60. The molecule has 1 unspecified atom stereocenters. The van der Waals surface area contributed by atoms with Gasteiger partial charge in [-0.15, -0.1) is 0 Å². The van der Waals surface area contributed by atoms with Gasteiger partial charge in [-0.25, -0.2) is 0 Å². The number of hydrogen-bond donors (Lipinski definition) is 0. The zero-order valence-corrected chi connectivity index (χ0v) is 10.0. The quantitative estimate of drug-likeness (QED) is 0.613. The third kappa shape index (κ3) is 4.56. The van der Waals surface area contributed by atoms with Gasteiger partial charge in [0.15, 0.2) is 5.78 Å². The minimum Gasteiger partial charge on any atom is -0.374 e. The summed E-state index contributed by atoms with van der Waals surface area (Å²) in [6.07, 6.45) is 5.16. The number of ether oxygens (including phenoxy) is 1. The fourth-order valence-corrected chi connectivity index (χ4v) is 1.32. The number of methoxy groups -OCH3 is 1. The average molecular weight is 198 g/mol. The van der Waals surface area contributed by atoms with E-state index in [9.17, 15) is 4.79 Å². The van der Waals surface area contributed by atoms with Gasteiger partial charge in [0.1, 0.15) is 0 Å². The van der Waals surface area contributed by atoms with E-state index in [2.05, 4.69) is 6.92 Å². The van der Waals surface area contributed by atoms with Crippen molar-refractivity contribution in [3.05, 3.63) is 11.6 Å². The molecule has 0 saturated heterocycles. The first-order chi connectivity index (χ1) is 6.45. The predicted molar refractivity (Wildman–Crippen MR) is 59.4 cm³/mol. The van der Waals surface area contributed by atoms with Crippen LogP contribution >= 0.6 is 0 Å². The van der Waals surface area contributed by atoms with E-state index in [0.717, 1.165) is 24.8 Å². The van der Waals surface area contributed by atoms with E-state index >= 15 is 0 Å². The Hall–Kier alpha value is -0.630. The molecule has 0 amide bonds. The molecular formula is C12H22O2. The lowest BCUT2D eigenvalue weighted by atomic mass is 9.95. The smallest absolute Gasteiger partial charge is 0.155 e. The van der Waals surface area contributed by atoms with E-state index in [4.69, 9.17) is 4.74 Å². The van der Waals surface area contributed by atoms with Gasteiger partial charge in [0, 0.05) is 7.11 Å². The standard InChI is InChI=1S/C12H22O2/c1-6-7-8-12(4,14-5)9-10(2)11(3)13/h9H,6-8H2,1-5H3/b10-9+. The summed E-state index contributed by atoms with van der Waals surface area (Å²) < 4.78 is 5.43. The Bertz CT molecular complexity index is 218. The summed E-state index contributed by atoms with van der Waals surface area (Å²) in [6, 6.07) is 0. The number of Topliss-reactive ketones (excluding diaryl/α,β-unsaturated/α-hetero) is 1. The van der Waals surface area contributed by atoms with Crippen molar-refractivity contribution in [3.63, 3.8) is 0 Å². The summed E-state index contributed by atoms with van der Waals surface area (Å²) >= 11 is 0. The topological polar surface area (TPSA) is 26.3 Å². The van der Waals surface area contributed by atoms with E-state index in [-0.39, 0.29) is 11.4 Å². The van der Waals surface area contributed by atoms with E-state index in [0.29, 0.717) is 0 Å². The Labute approximate surface area is 87.3 Å². The molecule has 0 radical (unpaired) electrons. The highest BCUT2D eigenvalue weighted by molar-refractivity contribution is 5.92. The molecule has 0 aromatic rings. The number of carbonyl (C=O) groups is 1. The van der Waals surface area contributed by atoms with E-state index < -0.39 is 0 Å². The molecule has 0 rings (SSSR count). The van der Waals surface area contributed by atoms with E-state index in [1.54, 1.807) is 14.0 Å². The van der Waals surface area contributed by atoms with Crippen LogP contribution in [0.5, 0.6) is 0 Å². The third-order valence-corrected chi connectivity index (χ3v) is 2.57. The normalized spacial score (nSPS) is 16.5. The summed E-state index contributed by atoms with van der Waals surface area (Å²) in [4.78, 5) is 11.1. The first-order valence-electron chi connectivity index (χ1n) is 5.20. The Morgan fingerprint density at radius 1 is 1.43 bits per heavy atom. The maximum atomic E-state index is 11.1. The molecule has 0 aromatic heterocycles. The molecule has 0 aromatic carbocycles. The van der Waals surface area contributed by atoms with Crippen molar-refractivity contribution in [1.29, 1.82) is 0 Å². The second-order valence-corrected chi connectivity index (χ2v) is 4.00. The Kier molecular flexibility index (Phi) is 5.70. The van der Waals surface area contributed by atoms with Crippen molar-refractivity contribution in [2.45, 2.75) is 52.6 Å². The Morgan fingerprint density at radius 3 is 2.36 bits per heavy atom. The van der Waals surface area contributed by atoms with Crippen molar-refractivity contribution in [1.82, 2.24) is 0 Å². The van der Waals surface area contributed by atoms with Crippen molar-refractivity contribution < 1.29 is 9.53 Å². The number of rotatable bonds is 6. The number of hydrogen-bond acceptors (Lipinski definition) is 2. The lowest BCUT2D eigenvalue weighted by molar-refractivity contribution is -0.113. The summed E-state index contributed by atoms with van der Waals surface area (Å²) in [5.74, 6) is 0.116. The Balaban J connectivity index is 4.52. The highest BCUT2D eigenvalue weighted by Gasteiger charge is 2.20. The summed E-state index contributed by atoms with van der Waals surface area (Å²) in [7, 11) is 1.69. The highest BCUT2D eigenvalue weighted by Crippen LogP contribution is 2.21. The molecule has 0 N–H and O–H groups in total. The Morgan fingerprint density at radius 2 is 2.00 bits per heavy atom. The maximum absolute atomic E-state index is 11.1. The molecule has 1 atom stereocenters. The van der Waals surface area contributed by atoms with Crippen molar-refractivity contribution >= 4 is 5.78 Å². The van der Waals surface area contributed by atoms with Crippen LogP contribution in [-0.4, -0.2) is 18.5 Å². The molecule has 0 heterocycles. The van der Waals surface area contributed by atoms with Crippen LogP contribution in [0.2, 0.25) is 0 Å². The van der Waals surface area contributed by atoms with Crippen molar-refractivity contribution in [2.24, 2.45) is 0 Å². The molecular weight excluding hydrogens is 176 g/mol. The molecule has 0 saturated carbocycles. The second kappa shape index (κ2) is 5.97. The van der Waals surface area contributed by atoms with Crippen LogP contribution in [0.3, 0.4) is 0 Å². The van der Waals surface area contributed by atoms with Crippen LogP contribution in [0, 0.1) is 0 Å². The number of ketones is 1. The minimum atomic E-state index is -0.286. The molecule has 0 aliphatic carbocycles. The predicted octanol–water partition coefficient (Wildman–Crippen LogP) is 3.12. The zero-order valence-electron chi connectivity index (χ0n) is 10.0. The van der Waals surface area contributed by atoms with Gasteiger partial charge in [0.05, 0.1) is 5.60 Å². The van der Waals surface area contributed by atoms with Gasteiger partial charge in [-0.2, -0.15) is 0 Å². The lowest BCUT2D eigenvalue weighted by Gasteiger charge is -2.25. The van der Waals surface area contributed by atoms with E-state index in [1.807, 2.05) is 19.9 Å². The van der Waals surface area contributed by atoms with Crippen LogP contribution < -0.4 is 0 Å². The van der Waals surface area contributed by atoms with Gasteiger partial charge >= 0.3 is 0 Å². The molecule has 0 aliphatic rings. The van der Waals surface area contributed by atoms with Crippen LogP contribution in [0.25, 0.3) is 0 Å². The van der Waals surface area contributed by atoms with Crippen LogP contribution in [0.15, 0.2) is 11.6 Å². The summed E-state index contributed by atoms with van der Waals surface area (Å²) in [5, 5.41) is 0. The molecule has 0 bridgehead atoms. The maximum Gasteiger partial charge on any atom is 0.155 e. The van der Waals surface area contributed by atoms with E-state index in [1.165, 1.54) is 0 Å². The highest BCUT2D eigenvalue weighted by atomic mass is 16.5. The monoisotopic (exact) mass is 198 g/mol.